The van der Waals surface area contributed by atoms with Gasteiger partial charge in [-0.1, -0.05) is 30.3 Å². The van der Waals surface area contributed by atoms with Gasteiger partial charge in [-0.15, -0.1) is 0 Å². The molecule has 2 atom stereocenters. The minimum absolute atomic E-state index is 0.0477. The average molecular weight is 332 g/mol. The van der Waals surface area contributed by atoms with Crippen LogP contribution in [0, 0.1) is 0 Å². The number of amides is 2. The zero-order chi connectivity index (χ0) is 16.8. The van der Waals surface area contributed by atoms with Gasteiger partial charge in [0, 0.05) is 26.1 Å². The summed E-state index contributed by atoms with van der Waals surface area (Å²) in [7, 11) is 0. The van der Waals surface area contributed by atoms with Gasteiger partial charge < -0.3 is 19.7 Å². The van der Waals surface area contributed by atoms with Crippen LogP contribution in [-0.2, 0) is 25.5 Å². The molecule has 2 heterocycles. The Morgan fingerprint density at radius 1 is 1.17 bits per heavy atom. The first-order chi connectivity index (χ1) is 11.7. The van der Waals surface area contributed by atoms with Crippen molar-refractivity contribution >= 4 is 11.8 Å². The molecule has 2 aliphatic heterocycles. The highest BCUT2D eigenvalue weighted by atomic mass is 16.5. The second-order valence-electron chi connectivity index (χ2n) is 6.19. The normalized spacial score (nSPS) is 22.2. The smallest absolute Gasteiger partial charge is 0.249 e. The maximum absolute atomic E-state index is 12.9. The largest absolute Gasteiger partial charge is 0.378 e. The number of carbonyl (C=O) groups excluding carboxylic acids is 2. The molecule has 2 saturated heterocycles. The van der Waals surface area contributed by atoms with E-state index in [1.165, 1.54) is 0 Å². The Balaban J connectivity index is 1.69. The first-order valence-electron chi connectivity index (χ1n) is 8.56. The fourth-order valence-corrected chi connectivity index (χ4v) is 3.10. The molecule has 2 fully saturated rings. The van der Waals surface area contributed by atoms with Gasteiger partial charge >= 0.3 is 0 Å². The molecular formula is C18H24N2O4. The number of nitrogens with zero attached hydrogens (tertiary/aromatic N) is 1. The number of morpholine rings is 1. The Bertz CT molecular complexity index is 551. The van der Waals surface area contributed by atoms with Gasteiger partial charge in [-0.05, 0) is 18.4 Å². The Morgan fingerprint density at radius 2 is 1.92 bits per heavy atom. The quantitative estimate of drug-likeness (QED) is 0.864. The van der Waals surface area contributed by atoms with E-state index < -0.39 is 12.1 Å². The van der Waals surface area contributed by atoms with Crippen molar-refractivity contribution in [1.29, 1.82) is 0 Å². The topological polar surface area (TPSA) is 67.9 Å². The van der Waals surface area contributed by atoms with Crippen LogP contribution in [0.4, 0.5) is 0 Å². The van der Waals surface area contributed by atoms with E-state index in [4.69, 9.17) is 9.47 Å². The number of carbonyl (C=O) groups is 2. The van der Waals surface area contributed by atoms with Crippen molar-refractivity contribution in [3.63, 3.8) is 0 Å². The molecule has 0 aromatic heterocycles. The molecule has 0 spiro atoms. The molecule has 0 bridgehead atoms. The van der Waals surface area contributed by atoms with Crippen molar-refractivity contribution in [1.82, 2.24) is 10.2 Å². The van der Waals surface area contributed by atoms with E-state index >= 15 is 0 Å². The van der Waals surface area contributed by atoms with Gasteiger partial charge in [-0.25, -0.2) is 0 Å². The summed E-state index contributed by atoms with van der Waals surface area (Å²) in [5.74, 6) is -0.233. The molecule has 24 heavy (non-hydrogen) atoms. The Hall–Kier alpha value is -1.92. The van der Waals surface area contributed by atoms with Gasteiger partial charge in [0.1, 0.15) is 12.1 Å². The van der Waals surface area contributed by atoms with E-state index in [0.29, 0.717) is 39.3 Å². The monoisotopic (exact) mass is 332 g/mol. The zero-order valence-electron chi connectivity index (χ0n) is 13.8. The van der Waals surface area contributed by atoms with Crippen LogP contribution in [0.2, 0.25) is 0 Å². The molecule has 1 aromatic rings. The lowest BCUT2D eigenvalue weighted by molar-refractivity contribution is -0.141. The predicted octanol–water partition coefficient (Wildman–Crippen LogP) is 0.752. The van der Waals surface area contributed by atoms with Gasteiger partial charge in [0.05, 0.1) is 13.2 Å². The first kappa shape index (κ1) is 16.9. The van der Waals surface area contributed by atoms with E-state index in [2.05, 4.69) is 5.32 Å². The van der Waals surface area contributed by atoms with Crippen LogP contribution in [0.25, 0.3) is 0 Å². The maximum atomic E-state index is 12.9. The number of hydrogen-bond acceptors (Lipinski definition) is 4. The van der Waals surface area contributed by atoms with Gasteiger partial charge in [-0.3, -0.25) is 9.59 Å². The summed E-state index contributed by atoms with van der Waals surface area (Å²) in [6.07, 6.45) is 1.66. The zero-order valence-corrected chi connectivity index (χ0v) is 13.8. The van der Waals surface area contributed by atoms with Crippen LogP contribution in [0.3, 0.4) is 0 Å². The van der Waals surface area contributed by atoms with Crippen molar-refractivity contribution in [2.75, 3.05) is 32.9 Å². The molecule has 2 aliphatic rings. The van der Waals surface area contributed by atoms with Gasteiger partial charge in [0.25, 0.3) is 0 Å². The molecule has 1 aromatic carbocycles. The summed E-state index contributed by atoms with van der Waals surface area (Å²) in [4.78, 5) is 27.0. The Labute approximate surface area is 142 Å². The summed E-state index contributed by atoms with van der Waals surface area (Å²) >= 11 is 0. The second kappa shape index (κ2) is 8.26. The lowest BCUT2D eigenvalue weighted by atomic mass is 10.0. The van der Waals surface area contributed by atoms with E-state index in [1.54, 1.807) is 4.90 Å². The molecule has 0 aliphatic carbocycles. The summed E-state index contributed by atoms with van der Waals surface area (Å²) in [6.45, 7) is 2.84. The molecule has 1 N–H and O–H groups in total. The van der Waals surface area contributed by atoms with Crippen LogP contribution in [0.5, 0.6) is 0 Å². The van der Waals surface area contributed by atoms with Crippen LogP contribution in [0.1, 0.15) is 18.4 Å². The van der Waals surface area contributed by atoms with E-state index in [-0.39, 0.29) is 11.8 Å². The third kappa shape index (κ3) is 4.33. The van der Waals surface area contributed by atoms with Crippen LogP contribution < -0.4 is 5.32 Å². The number of nitrogens with one attached hydrogen (secondary N) is 1. The molecule has 0 saturated carbocycles. The molecule has 0 radical (unpaired) electrons. The van der Waals surface area contributed by atoms with Crippen molar-refractivity contribution in [3.05, 3.63) is 35.9 Å². The van der Waals surface area contributed by atoms with Crippen LogP contribution in [-0.4, -0.2) is 61.8 Å². The second-order valence-corrected chi connectivity index (χ2v) is 6.19. The highest BCUT2D eigenvalue weighted by molar-refractivity contribution is 5.89. The van der Waals surface area contributed by atoms with Crippen LogP contribution >= 0.6 is 0 Å². The third-order valence-corrected chi connectivity index (χ3v) is 4.44. The van der Waals surface area contributed by atoms with E-state index in [9.17, 15) is 9.59 Å². The SMILES string of the molecule is O=C(N[C@@H](Cc1ccccc1)C(=O)N1CCOCC1)C1CCCO1. The number of ether oxygens (including phenoxy) is 2. The van der Waals surface area contributed by atoms with Crippen molar-refractivity contribution < 1.29 is 19.1 Å². The van der Waals surface area contributed by atoms with Gasteiger partial charge in [0.15, 0.2) is 0 Å². The van der Waals surface area contributed by atoms with Crippen molar-refractivity contribution in [3.8, 4) is 0 Å². The first-order valence-corrected chi connectivity index (χ1v) is 8.56. The number of benzene rings is 1. The fourth-order valence-electron chi connectivity index (χ4n) is 3.10. The number of rotatable bonds is 5. The molecule has 1 unspecified atom stereocenters. The molecule has 3 rings (SSSR count). The van der Waals surface area contributed by atoms with Gasteiger partial charge in [-0.2, -0.15) is 0 Å². The van der Waals surface area contributed by atoms with Crippen molar-refractivity contribution in [2.24, 2.45) is 0 Å². The highest BCUT2D eigenvalue weighted by Gasteiger charge is 2.31. The predicted molar refractivity (Wildman–Crippen MR) is 88.4 cm³/mol. The highest BCUT2D eigenvalue weighted by Crippen LogP contribution is 2.14. The lowest BCUT2D eigenvalue weighted by Crippen LogP contribution is -2.54. The molecular weight excluding hydrogens is 308 g/mol. The molecule has 2 amide bonds. The Kier molecular flexibility index (Phi) is 5.82. The number of hydrogen-bond donors (Lipinski definition) is 1. The fraction of sp³-hybridized carbons (Fsp3) is 0.556. The van der Waals surface area contributed by atoms with Crippen molar-refractivity contribution in [2.45, 2.75) is 31.4 Å². The minimum atomic E-state index is -0.567. The summed E-state index contributed by atoms with van der Waals surface area (Å²) in [5.41, 5.74) is 1.02. The summed E-state index contributed by atoms with van der Waals surface area (Å²) < 4.78 is 10.7. The molecule has 6 heteroatoms. The standard InChI is InChI=1S/C18H24N2O4/c21-17(16-7-4-10-24-16)19-15(13-14-5-2-1-3-6-14)18(22)20-8-11-23-12-9-20/h1-3,5-6,15-16H,4,7-13H2,(H,19,21)/t15-,16?/m0/s1. The average Bonchev–Trinajstić information content (AvgIpc) is 3.17. The summed E-state index contributed by atoms with van der Waals surface area (Å²) in [5, 5.41) is 2.91. The minimum Gasteiger partial charge on any atom is -0.378 e. The van der Waals surface area contributed by atoms with E-state index in [1.807, 2.05) is 30.3 Å². The lowest BCUT2D eigenvalue weighted by Gasteiger charge is -2.31. The maximum Gasteiger partial charge on any atom is 0.249 e. The third-order valence-electron chi connectivity index (χ3n) is 4.44. The summed E-state index contributed by atoms with van der Waals surface area (Å²) in [6, 6.07) is 9.19. The van der Waals surface area contributed by atoms with E-state index in [0.717, 1.165) is 18.4 Å². The van der Waals surface area contributed by atoms with Crippen LogP contribution in [0.15, 0.2) is 30.3 Å². The van der Waals surface area contributed by atoms with Gasteiger partial charge in [0.2, 0.25) is 11.8 Å². The molecule has 130 valence electrons. The Morgan fingerprint density at radius 3 is 2.58 bits per heavy atom. The molecule has 6 nitrogen and oxygen atoms in total.